The van der Waals surface area contributed by atoms with Gasteiger partial charge in [-0.15, -0.1) is 0 Å². The van der Waals surface area contributed by atoms with Crippen LogP contribution in [0, 0.1) is 6.92 Å². The van der Waals surface area contributed by atoms with Gasteiger partial charge in [-0.05, 0) is 61.5 Å². The maximum absolute atomic E-state index is 3.95. The molecule has 46 heavy (non-hydrogen) atoms. The largest absolute Gasteiger partial charge is 0.313 e. The summed E-state index contributed by atoms with van der Waals surface area (Å²) in [7, 11) is 0. The van der Waals surface area contributed by atoms with Crippen LogP contribution >= 0.6 is 0 Å². The monoisotopic (exact) mass is 587 g/mol. The van der Waals surface area contributed by atoms with E-state index in [9.17, 15) is 0 Å². The van der Waals surface area contributed by atoms with Gasteiger partial charge in [0.1, 0.15) is 0 Å². The first kappa shape index (κ1) is 25.3. The van der Waals surface area contributed by atoms with E-state index in [1.807, 2.05) is 12.2 Å². The molecule has 3 nitrogen and oxygen atoms in total. The minimum atomic E-state index is 1.16. The van der Waals surface area contributed by atoms with Crippen LogP contribution in [-0.4, -0.2) is 13.5 Å². The maximum atomic E-state index is 3.95. The molecular weight excluding hydrogens is 558 g/mol. The molecule has 0 aliphatic rings. The van der Waals surface area contributed by atoms with Crippen molar-refractivity contribution in [1.29, 1.82) is 0 Å². The van der Waals surface area contributed by atoms with Gasteiger partial charge >= 0.3 is 0 Å². The smallest absolute Gasteiger partial charge is 0.0620 e. The minimum absolute atomic E-state index is 1.16. The number of aromatic nitrogens is 3. The van der Waals surface area contributed by atoms with Crippen LogP contribution in [0.3, 0.4) is 0 Å². The molecule has 0 spiro atoms. The molecule has 0 amide bonds. The number of rotatable bonds is 4. The lowest BCUT2D eigenvalue weighted by Gasteiger charge is -2.09. The van der Waals surface area contributed by atoms with Crippen molar-refractivity contribution in [2.75, 3.05) is 0 Å². The van der Waals surface area contributed by atoms with E-state index in [-0.39, 0.29) is 0 Å². The van der Waals surface area contributed by atoms with Gasteiger partial charge in [-0.25, -0.2) is 0 Å². The average Bonchev–Trinajstić information content (AvgIpc) is 3.79. The summed E-state index contributed by atoms with van der Waals surface area (Å²) in [5.74, 6) is 0. The van der Waals surface area contributed by atoms with E-state index >= 15 is 0 Å². The average molecular weight is 588 g/mol. The Morgan fingerprint density at radius 1 is 0.478 bits per heavy atom. The van der Waals surface area contributed by atoms with Gasteiger partial charge in [0, 0.05) is 60.3 Å². The molecule has 0 saturated carbocycles. The summed E-state index contributed by atoms with van der Waals surface area (Å²) in [6.45, 7) is 6.16. The van der Waals surface area contributed by atoms with Crippen molar-refractivity contribution >= 4 is 76.9 Å². The molecule has 6 aromatic carbocycles. The van der Waals surface area contributed by atoms with Crippen molar-refractivity contribution in [3.63, 3.8) is 0 Å². The number of para-hydroxylation sites is 4. The van der Waals surface area contributed by atoms with Crippen LogP contribution in [-0.2, 0) is 0 Å². The molecule has 0 radical (unpaired) electrons. The summed E-state index contributed by atoms with van der Waals surface area (Å²) in [6.07, 6.45) is 6.09. The molecular formula is C43H29N3. The van der Waals surface area contributed by atoms with Crippen LogP contribution in [0.2, 0.25) is 0 Å². The number of allylic oxidation sites excluding steroid dienone is 2. The van der Waals surface area contributed by atoms with Gasteiger partial charge in [-0.3, -0.25) is 0 Å². The fraction of sp³-hybridized carbons (Fsp3) is 0.0233. The van der Waals surface area contributed by atoms with Gasteiger partial charge in [-0.1, -0.05) is 97.6 Å². The number of benzene rings is 6. The highest BCUT2D eigenvalue weighted by atomic mass is 15.0. The van der Waals surface area contributed by atoms with Crippen molar-refractivity contribution < 1.29 is 0 Å². The molecule has 10 rings (SSSR count). The molecule has 0 atom stereocenters. The first-order valence-electron chi connectivity index (χ1n) is 15.8. The first-order valence-corrected chi connectivity index (χ1v) is 15.8. The van der Waals surface area contributed by atoms with Crippen LogP contribution in [0.4, 0.5) is 0 Å². The predicted octanol–water partition coefficient (Wildman–Crippen LogP) is 11.4. The summed E-state index contributed by atoms with van der Waals surface area (Å²) in [5, 5.41) is 8.94. The van der Waals surface area contributed by atoms with Gasteiger partial charge in [0.25, 0.3) is 0 Å². The van der Waals surface area contributed by atoms with Crippen molar-refractivity contribution in [3.05, 3.63) is 157 Å². The molecule has 3 heteroatoms. The summed E-state index contributed by atoms with van der Waals surface area (Å²) >= 11 is 0. The second-order valence-electron chi connectivity index (χ2n) is 12.3. The molecule has 10 aromatic rings. The standard InChI is InChI=1S/C43H29N3/c1-3-4-18-30-27(2)44(28-14-7-5-8-15-28)39-25-41-36(23-34(30)39)32-20-13-21-33-37-24-35-31-19-11-12-22-38(31)45(29-16-9-6-10-17-29)40(35)26-42(37)46(41)43(32)33/h3-26H,1H2,2H3/b18-4-. The molecule has 216 valence electrons. The highest BCUT2D eigenvalue weighted by molar-refractivity contribution is 6.27. The van der Waals surface area contributed by atoms with Gasteiger partial charge < -0.3 is 13.5 Å². The summed E-state index contributed by atoms with van der Waals surface area (Å²) in [4.78, 5) is 0. The molecule has 0 aliphatic carbocycles. The highest BCUT2D eigenvalue weighted by Crippen LogP contribution is 2.44. The molecule has 0 N–H and O–H groups in total. The van der Waals surface area contributed by atoms with E-state index in [1.165, 1.54) is 87.7 Å². The van der Waals surface area contributed by atoms with E-state index in [0.29, 0.717) is 0 Å². The maximum Gasteiger partial charge on any atom is 0.0620 e. The number of nitrogens with zero attached hydrogens (tertiary/aromatic N) is 3. The summed E-state index contributed by atoms with van der Waals surface area (Å²) in [5.41, 5.74) is 12.2. The minimum Gasteiger partial charge on any atom is -0.313 e. The molecule has 0 aliphatic heterocycles. The third kappa shape index (κ3) is 3.21. The van der Waals surface area contributed by atoms with Gasteiger partial charge in [0.05, 0.1) is 33.1 Å². The lowest BCUT2D eigenvalue weighted by Crippen LogP contribution is -1.96. The van der Waals surface area contributed by atoms with Crippen molar-refractivity contribution in [1.82, 2.24) is 13.5 Å². The molecule has 0 bridgehead atoms. The molecule has 0 unspecified atom stereocenters. The number of fused-ring (bicyclic) bond motifs is 10. The van der Waals surface area contributed by atoms with E-state index in [0.717, 1.165) is 5.69 Å². The quantitative estimate of drug-likeness (QED) is 0.182. The van der Waals surface area contributed by atoms with Gasteiger partial charge in [0.15, 0.2) is 0 Å². The Morgan fingerprint density at radius 2 is 1.02 bits per heavy atom. The third-order valence-corrected chi connectivity index (χ3v) is 9.91. The number of hydrogen-bond donors (Lipinski definition) is 0. The SMILES string of the molecule is C=C/C=C\c1c(C)n(-c2ccccc2)c2cc3c(cc12)c1cccc2c4cc5c6ccccc6n(-c6ccccc6)c5cc4n3c12. The van der Waals surface area contributed by atoms with E-state index < -0.39 is 0 Å². The molecule has 4 aromatic heterocycles. The van der Waals surface area contributed by atoms with Crippen LogP contribution in [0.1, 0.15) is 11.3 Å². The lowest BCUT2D eigenvalue weighted by molar-refractivity contribution is 1.05. The van der Waals surface area contributed by atoms with Crippen LogP contribution in [0.15, 0.2) is 146 Å². The van der Waals surface area contributed by atoms with E-state index in [1.54, 1.807) is 0 Å². The topological polar surface area (TPSA) is 14.3 Å². The zero-order chi connectivity index (χ0) is 30.5. The first-order chi connectivity index (χ1) is 22.7. The Labute approximate surface area is 265 Å². The zero-order valence-corrected chi connectivity index (χ0v) is 25.4. The molecule has 4 heterocycles. The van der Waals surface area contributed by atoms with E-state index in [2.05, 4.69) is 161 Å². The fourth-order valence-corrected chi connectivity index (χ4v) is 8.01. The lowest BCUT2D eigenvalue weighted by atomic mass is 10.0. The van der Waals surface area contributed by atoms with Crippen molar-refractivity contribution in [3.8, 4) is 11.4 Å². The number of hydrogen-bond acceptors (Lipinski definition) is 0. The molecule has 0 saturated heterocycles. The summed E-state index contributed by atoms with van der Waals surface area (Å²) < 4.78 is 7.32. The van der Waals surface area contributed by atoms with Crippen LogP contribution < -0.4 is 0 Å². The normalized spacial score (nSPS) is 12.5. The van der Waals surface area contributed by atoms with Gasteiger partial charge in [0.2, 0.25) is 0 Å². The Bertz CT molecular complexity index is 2860. The van der Waals surface area contributed by atoms with E-state index in [4.69, 9.17) is 0 Å². The summed E-state index contributed by atoms with van der Waals surface area (Å²) in [6, 6.07) is 46.7. The molecule has 0 fully saturated rings. The van der Waals surface area contributed by atoms with Crippen molar-refractivity contribution in [2.24, 2.45) is 0 Å². The van der Waals surface area contributed by atoms with Crippen molar-refractivity contribution in [2.45, 2.75) is 6.92 Å². The van der Waals surface area contributed by atoms with Gasteiger partial charge in [-0.2, -0.15) is 0 Å². The Kier molecular flexibility index (Phi) is 5.07. The Balaban J connectivity index is 1.40. The second kappa shape index (κ2) is 9.23. The van der Waals surface area contributed by atoms with Crippen LogP contribution in [0.25, 0.3) is 88.3 Å². The second-order valence-corrected chi connectivity index (χ2v) is 12.3. The fourth-order valence-electron chi connectivity index (χ4n) is 8.01. The Morgan fingerprint density at radius 3 is 1.70 bits per heavy atom. The zero-order valence-electron chi connectivity index (χ0n) is 25.4. The Hall–Kier alpha value is -6.06. The highest BCUT2D eigenvalue weighted by Gasteiger charge is 2.23. The predicted molar refractivity (Wildman–Crippen MR) is 196 cm³/mol. The third-order valence-electron chi connectivity index (χ3n) is 9.91. The van der Waals surface area contributed by atoms with Crippen LogP contribution in [0.5, 0.6) is 0 Å².